The van der Waals surface area contributed by atoms with Crippen LogP contribution < -0.4 is 0 Å². The Hall–Kier alpha value is -0.640. The van der Waals surface area contributed by atoms with Crippen molar-refractivity contribution in [1.82, 2.24) is 5.06 Å². The molecule has 0 spiro atoms. The molecule has 0 aliphatic heterocycles. The van der Waals surface area contributed by atoms with Gasteiger partial charge in [0.2, 0.25) is 0 Å². The maximum atomic E-state index is 13.2. The van der Waals surface area contributed by atoms with E-state index in [2.05, 4.69) is 0 Å². The molecule has 0 atom stereocenters. The van der Waals surface area contributed by atoms with E-state index in [9.17, 15) is 40.3 Å². The maximum absolute atomic E-state index is 13.2. The van der Waals surface area contributed by atoms with Gasteiger partial charge < -0.3 is 0 Å². The van der Waals surface area contributed by atoms with Crippen LogP contribution >= 0.6 is 0 Å². The number of alkyl halides is 8. The van der Waals surface area contributed by atoms with Crippen molar-refractivity contribution in [3.8, 4) is 0 Å². The topological polar surface area (TPSA) is 23.1 Å². The molecule has 115 valence electrons. The molecular weight excluding hydrogens is 290 g/mol. The molecule has 0 unspecified atom stereocenters. The first-order chi connectivity index (χ1) is 8.16. The fourth-order valence-electron chi connectivity index (χ4n) is 0.989. The highest BCUT2D eigenvalue weighted by Gasteiger charge is 2.78. The SMILES string of the molecule is CCC(C)(C)N([O])C(F)(F)C(F)(F)C(F)(F)C(F)F. The molecule has 0 aromatic rings. The zero-order valence-electron chi connectivity index (χ0n) is 10.2. The molecule has 0 rings (SSSR count). The van der Waals surface area contributed by atoms with Gasteiger partial charge in [-0.05, 0) is 20.3 Å². The van der Waals surface area contributed by atoms with E-state index in [0.717, 1.165) is 13.8 Å². The molecule has 0 bridgehead atoms. The molecule has 0 saturated heterocycles. The third-order valence-corrected chi connectivity index (χ3v) is 2.74. The summed E-state index contributed by atoms with van der Waals surface area (Å²) < 4.78 is 101. The fourth-order valence-corrected chi connectivity index (χ4v) is 0.989. The lowest BCUT2D eigenvalue weighted by Crippen LogP contribution is -2.66. The highest BCUT2D eigenvalue weighted by Crippen LogP contribution is 2.51. The van der Waals surface area contributed by atoms with Crippen molar-refractivity contribution in [1.29, 1.82) is 0 Å². The van der Waals surface area contributed by atoms with E-state index >= 15 is 0 Å². The van der Waals surface area contributed by atoms with Gasteiger partial charge in [0.05, 0.1) is 0 Å². The van der Waals surface area contributed by atoms with Crippen molar-refractivity contribution in [2.75, 3.05) is 0 Å². The second-order valence-electron chi connectivity index (χ2n) is 4.50. The zero-order chi connectivity index (χ0) is 15.9. The summed E-state index contributed by atoms with van der Waals surface area (Å²) in [6, 6.07) is -5.98. The summed E-state index contributed by atoms with van der Waals surface area (Å²) >= 11 is 0. The summed E-state index contributed by atoms with van der Waals surface area (Å²) in [6.45, 7) is 2.76. The average molecular weight is 302 g/mol. The maximum Gasteiger partial charge on any atom is 0.397 e. The van der Waals surface area contributed by atoms with Crippen LogP contribution in [-0.4, -0.2) is 34.9 Å². The predicted molar refractivity (Wildman–Crippen MR) is 47.7 cm³/mol. The van der Waals surface area contributed by atoms with Crippen LogP contribution in [0.15, 0.2) is 0 Å². The molecule has 2 nitrogen and oxygen atoms in total. The van der Waals surface area contributed by atoms with Gasteiger partial charge >= 0.3 is 24.3 Å². The summed E-state index contributed by atoms with van der Waals surface area (Å²) in [6.07, 6.45) is -5.42. The lowest BCUT2D eigenvalue weighted by Gasteiger charge is -2.40. The summed E-state index contributed by atoms with van der Waals surface area (Å²) in [5.41, 5.74) is -2.13. The molecule has 0 amide bonds. The molecule has 0 heterocycles. The van der Waals surface area contributed by atoms with Gasteiger partial charge in [-0.3, -0.25) is 0 Å². The first kappa shape index (κ1) is 18.4. The Labute approximate surface area is 103 Å². The second-order valence-corrected chi connectivity index (χ2v) is 4.50. The van der Waals surface area contributed by atoms with Crippen LogP contribution in [0.2, 0.25) is 0 Å². The summed E-state index contributed by atoms with van der Waals surface area (Å²) in [7, 11) is 0. The van der Waals surface area contributed by atoms with Crippen molar-refractivity contribution in [2.24, 2.45) is 0 Å². The quantitative estimate of drug-likeness (QED) is 0.414. The van der Waals surface area contributed by atoms with E-state index < -0.39 is 34.9 Å². The number of halogens is 8. The molecule has 1 radical (unpaired) electrons. The van der Waals surface area contributed by atoms with Crippen molar-refractivity contribution in [3.63, 3.8) is 0 Å². The smallest absolute Gasteiger partial charge is 0.203 e. The van der Waals surface area contributed by atoms with Gasteiger partial charge in [-0.15, -0.1) is 5.21 Å². The van der Waals surface area contributed by atoms with E-state index in [1.807, 2.05) is 0 Å². The van der Waals surface area contributed by atoms with Gasteiger partial charge in [0.15, 0.2) is 0 Å². The van der Waals surface area contributed by atoms with Gasteiger partial charge in [0.25, 0.3) is 0 Å². The van der Waals surface area contributed by atoms with Crippen LogP contribution in [0.25, 0.3) is 0 Å². The minimum Gasteiger partial charge on any atom is -0.203 e. The van der Waals surface area contributed by atoms with Crippen LogP contribution in [0.1, 0.15) is 27.2 Å². The molecule has 0 aromatic heterocycles. The third-order valence-electron chi connectivity index (χ3n) is 2.74. The molecule has 10 heteroatoms. The van der Waals surface area contributed by atoms with Gasteiger partial charge in [-0.25, -0.2) is 8.78 Å². The Morgan fingerprint density at radius 3 is 1.63 bits per heavy atom. The monoisotopic (exact) mass is 302 g/mol. The molecule has 0 N–H and O–H groups in total. The van der Waals surface area contributed by atoms with Crippen molar-refractivity contribution in [2.45, 2.75) is 57.0 Å². The van der Waals surface area contributed by atoms with Crippen molar-refractivity contribution >= 4 is 0 Å². The number of hydroxylamine groups is 2. The molecule has 0 aliphatic rings. The molecule has 19 heavy (non-hydrogen) atoms. The van der Waals surface area contributed by atoms with Crippen molar-refractivity contribution < 1.29 is 40.3 Å². The highest BCUT2D eigenvalue weighted by atomic mass is 19.4. The zero-order valence-corrected chi connectivity index (χ0v) is 10.2. The largest absolute Gasteiger partial charge is 0.397 e. The Morgan fingerprint density at radius 1 is 1.00 bits per heavy atom. The van der Waals surface area contributed by atoms with Crippen molar-refractivity contribution in [3.05, 3.63) is 0 Å². The lowest BCUT2D eigenvalue weighted by molar-refractivity contribution is -0.453. The average Bonchev–Trinajstić information content (AvgIpc) is 2.26. The van der Waals surface area contributed by atoms with Crippen LogP contribution in [0.3, 0.4) is 0 Å². The van der Waals surface area contributed by atoms with E-state index in [1.165, 1.54) is 6.92 Å². The number of hydrogen-bond donors (Lipinski definition) is 0. The predicted octanol–water partition coefficient (Wildman–Crippen LogP) is 3.95. The van der Waals surface area contributed by atoms with Crippen LogP contribution in [-0.2, 0) is 5.21 Å². The number of rotatable bonds is 6. The van der Waals surface area contributed by atoms with Crippen LogP contribution in [0.4, 0.5) is 35.1 Å². The van der Waals surface area contributed by atoms with Gasteiger partial charge in [0.1, 0.15) is 0 Å². The second kappa shape index (κ2) is 5.04. The lowest BCUT2D eigenvalue weighted by atomic mass is 9.99. The standard InChI is InChI=1S/C9H12F8NO/c1-4-6(2,3)18(19)9(16,17)8(14,15)7(12,13)5(10)11/h5H,4H2,1-3H3. The molecule has 0 aliphatic carbocycles. The van der Waals surface area contributed by atoms with Gasteiger partial charge in [-0.1, -0.05) is 12.0 Å². The Morgan fingerprint density at radius 2 is 1.37 bits per heavy atom. The van der Waals surface area contributed by atoms with Gasteiger partial charge in [0, 0.05) is 5.54 Å². The van der Waals surface area contributed by atoms with E-state index in [4.69, 9.17) is 0 Å². The van der Waals surface area contributed by atoms with E-state index in [1.54, 1.807) is 0 Å². The summed E-state index contributed by atoms with van der Waals surface area (Å²) in [5, 5.41) is 9.58. The normalized spacial score (nSPS) is 15.5. The molecule has 0 fully saturated rings. The number of hydrogen-bond acceptors (Lipinski definition) is 1. The van der Waals surface area contributed by atoms with E-state index in [-0.39, 0.29) is 6.42 Å². The van der Waals surface area contributed by atoms with Crippen LogP contribution in [0.5, 0.6) is 0 Å². The first-order valence-electron chi connectivity index (χ1n) is 5.05. The minimum absolute atomic E-state index is 0.386. The van der Waals surface area contributed by atoms with Gasteiger partial charge in [-0.2, -0.15) is 26.3 Å². The molecule has 0 saturated carbocycles. The molecular formula is C9H12F8NO. The summed E-state index contributed by atoms with van der Waals surface area (Å²) in [5.74, 6) is -12.8. The fraction of sp³-hybridized carbons (Fsp3) is 1.00. The Bertz CT molecular complexity index is 317. The van der Waals surface area contributed by atoms with E-state index in [0.29, 0.717) is 0 Å². The minimum atomic E-state index is -6.51. The molecule has 0 aromatic carbocycles. The van der Waals surface area contributed by atoms with Crippen LogP contribution in [0, 0.1) is 0 Å². The number of nitrogens with zero attached hydrogens (tertiary/aromatic N) is 1. The first-order valence-corrected chi connectivity index (χ1v) is 5.05. The Kier molecular flexibility index (Phi) is 4.87. The summed E-state index contributed by atoms with van der Waals surface area (Å²) in [4.78, 5) is 0. The highest BCUT2D eigenvalue weighted by molar-refractivity contribution is 4.98. The third kappa shape index (κ3) is 2.78. The Balaban J connectivity index is 5.64.